The summed E-state index contributed by atoms with van der Waals surface area (Å²) >= 11 is 8.12. The van der Waals surface area contributed by atoms with Crippen LogP contribution in [0.15, 0.2) is 36.4 Å². The third-order valence-corrected chi connectivity index (χ3v) is 4.88. The van der Waals surface area contributed by atoms with Crippen LogP contribution >= 0.6 is 22.9 Å². The van der Waals surface area contributed by atoms with Crippen LogP contribution in [-0.2, 0) is 0 Å². The van der Waals surface area contributed by atoms with E-state index in [9.17, 15) is 0 Å². The molecule has 1 aromatic heterocycles. The molecule has 0 aliphatic heterocycles. The second kappa shape index (κ2) is 7.26. The van der Waals surface area contributed by atoms with Gasteiger partial charge in [0.1, 0.15) is 0 Å². The predicted molar refractivity (Wildman–Crippen MR) is 90.6 cm³/mol. The van der Waals surface area contributed by atoms with E-state index in [0.717, 1.165) is 23.6 Å². The fourth-order valence-corrected chi connectivity index (χ4v) is 3.88. The van der Waals surface area contributed by atoms with Gasteiger partial charge in [-0.05, 0) is 37.1 Å². The Morgan fingerprint density at radius 3 is 2.55 bits per heavy atom. The van der Waals surface area contributed by atoms with Gasteiger partial charge in [-0.25, -0.2) is 0 Å². The van der Waals surface area contributed by atoms with Crippen molar-refractivity contribution < 1.29 is 0 Å². The van der Waals surface area contributed by atoms with Crippen molar-refractivity contribution in [2.24, 2.45) is 5.92 Å². The quantitative estimate of drug-likeness (QED) is 0.715. The molecule has 3 heteroatoms. The molecule has 0 saturated heterocycles. The second-order valence-electron chi connectivity index (χ2n) is 5.36. The number of rotatable bonds is 6. The molecule has 1 heterocycles. The summed E-state index contributed by atoms with van der Waals surface area (Å²) in [5.41, 5.74) is 1.13. The zero-order valence-corrected chi connectivity index (χ0v) is 13.9. The summed E-state index contributed by atoms with van der Waals surface area (Å²) in [6.07, 6.45) is 1.16. The molecule has 2 aromatic rings. The molecule has 0 aliphatic carbocycles. The molecule has 0 aliphatic rings. The molecule has 1 aromatic carbocycles. The standard InChI is InChI=1S/C17H22ClNS/c1-4-11-19-17(12(2)3)16-10-9-15(20-16)13-7-5-6-8-14(13)18/h5-10,12,17,19H,4,11H2,1-3H3. The van der Waals surface area contributed by atoms with E-state index in [1.165, 1.54) is 9.75 Å². The molecule has 0 radical (unpaired) electrons. The molecule has 0 spiro atoms. The van der Waals surface area contributed by atoms with Gasteiger partial charge in [0.2, 0.25) is 0 Å². The maximum absolute atomic E-state index is 6.28. The monoisotopic (exact) mass is 307 g/mol. The van der Waals surface area contributed by atoms with Crippen LogP contribution in [0.2, 0.25) is 5.02 Å². The Labute approximate surface area is 131 Å². The van der Waals surface area contributed by atoms with Gasteiger partial charge in [-0.1, -0.05) is 50.6 Å². The Hall–Kier alpha value is -0.830. The molecule has 1 unspecified atom stereocenters. The summed E-state index contributed by atoms with van der Waals surface area (Å²) in [4.78, 5) is 2.64. The molecule has 1 N–H and O–H groups in total. The topological polar surface area (TPSA) is 12.0 Å². The summed E-state index contributed by atoms with van der Waals surface area (Å²) in [6.45, 7) is 7.79. The van der Waals surface area contributed by atoms with Gasteiger partial charge < -0.3 is 5.32 Å². The van der Waals surface area contributed by atoms with E-state index < -0.39 is 0 Å². The van der Waals surface area contributed by atoms with Crippen molar-refractivity contribution in [3.8, 4) is 10.4 Å². The van der Waals surface area contributed by atoms with E-state index in [1.54, 1.807) is 0 Å². The van der Waals surface area contributed by atoms with Crippen LogP contribution in [-0.4, -0.2) is 6.54 Å². The van der Waals surface area contributed by atoms with Crippen LogP contribution < -0.4 is 5.32 Å². The Morgan fingerprint density at radius 1 is 1.15 bits per heavy atom. The van der Waals surface area contributed by atoms with Gasteiger partial charge in [0.25, 0.3) is 0 Å². The largest absolute Gasteiger partial charge is 0.309 e. The highest BCUT2D eigenvalue weighted by atomic mass is 35.5. The van der Waals surface area contributed by atoms with E-state index in [2.05, 4.69) is 44.3 Å². The number of hydrogen-bond donors (Lipinski definition) is 1. The van der Waals surface area contributed by atoms with Gasteiger partial charge in [0.15, 0.2) is 0 Å². The average molecular weight is 308 g/mol. The molecule has 1 nitrogen and oxygen atoms in total. The number of thiophene rings is 1. The second-order valence-corrected chi connectivity index (χ2v) is 6.88. The number of hydrogen-bond acceptors (Lipinski definition) is 2. The van der Waals surface area contributed by atoms with Gasteiger partial charge in [0.05, 0.1) is 0 Å². The maximum atomic E-state index is 6.28. The molecule has 108 valence electrons. The van der Waals surface area contributed by atoms with Crippen LogP contribution in [0.4, 0.5) is 0 Å². The van der Waals surface area contributed by atoms with Gasteiger partial charge >= 0.3 is 0 Å². The van der Waals surface area contributed by atoms with Gasteiger partial charge in [0, 0.05) is 26.4 Å². The zero-order valence-electron chi connectivity index (χ0n) is 12.3. The summed E-state index contributed by atoms with van der Waals surface area (Å²) in [7, 11) is 0. The Morgan fingerprint density at radius 2 is 1.90 bits per heavy atom. The summed E-state index contributed by atoms with van der Waals surface area (Å²) in [5, 5.41) is 4.46. The molecular weight excluding hydrogens is 286 g/mol. The van der Waals surface area contributed by atoms with Crippen molar-refractivity contribution in [3.05, 3.63) is 46.3 Å². The highest BCUT2D eigenvalue weighted by molar-refractivity contribution is 7.15. The predicted octanol–water partition coefficient (Wildman–Crippen LogP) is 5.77. The van der Waals surface area contributed by atoms with E-state index >= 15 is 0 Å². The van der Waals surface area contributed by atoms with Crippen LogP contribution in [0.3, 0.4) is 0 Å². The lowest BCUT2D eigenvalue weighted by atomic mass is 10.0. The maximum Gasteiger partial charge on any atom is 0.0492 e. The van der Waals surface area contributed by atoms with Crippen molar-refractivity contribution >= 4 is 22.9 Å². The van der Waals surface area contributed by atoms with Crippen molar-refractivity contribution in [3.63, 3.8) is 0 Å². The highest BCUT2D eigenvalue weighted by Crippen LogP contribution is 2.36. The molecule has 1 atom stereocenters. The molecule has 0 bridgehead atoms. The number of benzene rings is 1. The zero-order chi connectivity index (χ0) is 14.5. The summed E-state index contributed by atoms with van der Waals surface area (Å²) < 4.78 is 0. The van der Waals surface area contributed by atoms with Crippen molar-refractivity contribution in [1.29, 1.82) is 0 Å². The first-order valence-electron chi connectivity index (χ1n) is 7.21. The fourth-order valence-electron chi connectivity index (χ4n) is 2.29. The van der Waals surface area contributed by atoms with Crippen molar-refractivity contribution in [2.45, 2.75) is 33.2 Å². The molecule has 20 heavy (non-hydrogen) atoms. The van der Waals surface area contributed by atoms with Crippen LogP contribution in [0.1, 0.15) is 38.1 Å². The van der Waals surface area contributed by atoms with Crippen LogP contribution in [0, 0.1) is 5.92 Å². The average Bonchev–Trinajstić information content (AvgIpc) is 2.88. The Balaban J connectivity index is 2.25. The lowest BCUT2D eigenvalue weighted by molar-refractivity contribution is 0.418. The lowest BCUT2D eigenvalue weighted by Gasteiger charge is -2.21. The molecular formula is C17H22ClNS. The first-order valence-corrected chi connectivity index (χ1v) is 8.41. The summed E-state index contributed by atoms with van der Waals surface area (Å²) in [6, 6.07) is 12.9. The molecule has 0 amide bonds. The van der Waals surface area contributed by atoms with Crippen LogP contribution in [0.25, 0.3) is 10.4 Å². The number of halogens is 1. The smallest absolute Gasteiger partial charge is 0.0492 e. The first-order chi connectivity index (χ1) is 9.63. The molecule has 0 fully saturated rings. The minimum atomic E-state index is 0.427. The van der Waals surface area contributed by atoms with Gasteiger partial charge in [-0.3, -0.25) is 0 Å². The third kappa shape index (κ3) is 3.63. The highest BCUT2D eigenvalue weighted by Gasteiger charge is 2.17. The third-order valence-electron chi connectivity index (χ3n) is 3.35. The fraction of sp³-hybridized carbons (Fsp3) is 0.412. The van der Waals surface area contributed by atoms with Crippen molar-refractivity contribution in [2.75, 3.05) is 6.54 Å². The minimum absolute atomic E-state index is 0.427. The van der Waals surface area contributed by atoms with E-state index in [1.807, 2.05) is 29.5 Å². The Kier molecular flexibility index (Phi) is 5.64. The van der Waals surface area contributed by atoms with Gasteiger partial charge in [-0.2, -0.15) is 0 Å². The first kappa shape index (κ1) is 15.6. The van der Waals surface area contributed by atoms with E-state index in [-0.39, 0.29) is 0 Å². The Bertz CT molecular complexity index is 547. The normalized spacial score (nSPS) is 12.8. The number of nitrogens with one attached hydrogen (secondary N) is 1. The van der Waals surface area contributed by atoms with Crippen molar-refractivity contribution in [1.82, 2.24) is 5.32 Å². The molecule has 0 saturated carbocycles. The molecule has 2 rings (SSSR count). The van der Waals surface area contributed by atoms with Crippen LogP contribution in [0.5, 0.6) is 0 Å². The minimum Gasteiger partial charge on any atom is -0.309 e. The SMILES string of the molecule is CCCNC(c1ccc(-c2ccccc2Cl)s1)C(C)C. The van der Waals surface area contributed by atoms with Gasteiger partial charge in [-0.15, -0.1) is 11.3 Å². The van der Waals surface area contributed by atoms with E-state index in [4.69, 9.17) is 11.6 Å². The van der Waals surface area contributed by atoms with E-state index in [0.29, 0.717) is 12.0 Å². The lowest BCUT2D eigenvalue weighted by Crippen LogP contribution is -2.25. The summed E-state index contributed by atoms with van der Waals surface area (Å²) in [5.74, 6) is 0.583.